The number of benzene rings is 2. The molecule has 2 amide bonds. The Morgan fingerprint density at radius 2 is 1.93 bits per heavy atom. The van der Waals surface area contributed by atoms with Crippen molar-refractivity contribution in [2.24, 2.45) is 0 Å². The Bertz CT molecular complexity index is 1790. The Morgan fingerprint density at radius 3 is 2.67 bits per heavy atom. The molecule has 1 atom stereocenters. The number of ether oxygens (including phenoxy) is 2. The lowest BCUT2D eigenvalue weighted by molar-refractivity contribution is -0.117. The van der Waals surface area contributed by atoms with Crippen LogP contribution < -0.4 is 10.6 Å². The van der Waals surface area contributed by atoms with Crippen molar-refractivity contribution in [3.8, 4) is 16.9 Å². The summed E-state index contributed by atoms with van der Waals surface area (Å²) < 4.78 is 12.2. The minimum atomic E-state index is -0.645. The molecule has 5 rings (SSSR count). The molecule has 2 aromatic carbocycles. The third kappa shape index (κ3) is 9.09. The number of nitrogens with zero attached hydrogens (tertiary/aromatic N) is 6. The number of alkyl halides is 1. The lowest BCUT2D eigenvalue weighted by Crippen LogP contribution is -2.29. The number of tetrazole rings is 1. The van der Waals surface area contributed by atoms with E-state index < -0.39 is 12.1 Å². The molecule has 0 spiro atoms. The van der Waals surface area contributed by atoms with Crippen LogP contribution in [0.15, 0.2) is 79.3 Å². The number of anilines is 1. The first-order valence-corrected chi connectivity index (χ1v) is 16.0. The third-order valence-electron chi connectivity index (χ3n) is 6.41. The van der Waals surface area contributed by atoms with Crippen LogP contribution in [0.3, 0.4) is 0 Å². The number of hydrogen-bond acceptors (Lipinski definition) is 9. The maximum absolute atomic E-state index is 13.2. The predicted molar refractivity (Wildman–Crippen MR) is 181 cm³/mol. The van der Waals surface area contributed by atoms with Crippen LogP contribution in [0.25, 0.3) is 23.0 Å². The predicted octanol–water partition coefficient (Wildman–Crippen LogP) is 5.83. The number of carbonyl (C=O) groups excluding carboxylic acids is 2. The Balaban J connectivity index is 1.32. The van der Waals surface area contributed by atoms with Gasteiger partial charge in [-0.2, -0.15) is 4.68 Å². The molecule has 5 aromatic rings. The van der Waals surface area contributed by atoms with Crippen LogP contribution in [0.5, 0.6) is 0 Å². The van der Waals surface area contributed by atoms with Crippen LogP contribution in [0.4, 0.5) is 10.6 Å². The van der Waals surface area contributed by atoms with Gasteiger partial charge >= 0.3 is 6.09 Å². The molecule has 3 heterocycles. The Labute approximate surface area is 286 Å². The molecule has 46 heavy (non-hydrogen) atoms. The van der Waals surface area contributed by atoms with Crippen molar-refractivity contribution in [2.75, 3.05) is 23.1 Å². The molecule has 236 valence electrons. The van der Waals surface area contributed by atoms with Gasteiger partial charge in [-0.25, -0.2) is 14.8 Å². The molecule has 0 fully saturated rings. The number of nitrogens with one attached hydrogen (secondary N) is 3. The Hall–Kier alpha value is -4.38. The normalized spacial score (nSPS) is 11.8. The average molecular weight is 774 g/mol. The summed E-state index contributed by atoms with van der Waals surface area (Å²) in [5.74, 6) is 0.365. The van der Waals surface area contributed by atoms with E-state index in [1.165, 1.54) is 23.3 Å². The van der Waals surface area contributed by atoms with Crippen molar-refractivity contribution in [1.29, 1.82) is 0 Å². The van der Waals surface area contributed by atoms with E-state index in [0.717, 1.165) is 5.56 Å². The van der Waals surface area contributed by atoms with Gasteiger partial charge in [0.25, 0.3) is 0 Å². The van der Waals surface area contributed by atoms with E-state index in [4.69, 9.17) is 37.7 Å². The number of imidazole rings is 1. The van der Waals surface area contributed by atoms with Crippen molar-refractivity contribution in [3.63, 3.8) is 0 Å². The second-order valence-electron chi connectivity index (χ2n) is 9.54. The van der Waals surface area contributed by atoms with Gasteiger partial charge in [-0.3, -0.25) is 10.1 Å². The molecule has 0 saturated carbocycles. The zero-order chi connectivity index (χ0) is 32.3. The van der Waals surface area contributed by atoms with Crippen LogP contribution in [-0.4, -0.2) is 65.0 Å². The minimum Gasteiger partial charge on any atom is -0.447 e. The Morgan fingerprint density at radius 1 is 1.09 bits per heavy atom. The van der Waals surface area contributed by atoms with Crippen molar-refractivity contribution < 1.29 is 19.1 Å². The molecule has 0 saturated heterocycles. The van der Waals surface area contributed by atoms with E-state index in [2.05, 4.69) is 58.7 Å². The maximum atomic E-state index is 13.2. The van der Waals surface area contributed by atoms with Gasteiger partial charge in [0.2, 0.25) is 5.91 Å². The minimum absolute atomic E-state index is 0.122. The van der Waals surface area contributed by atoms with Crippen LogP contribution in [0, 0.1) is 0 Å². The van der Waals surface area contributed by atoms with Crippen molar-refractivity contribution in [1.82, 2.24) is 40.5 Å². The molecule has 3 aromatic heterocycles. The van der Waals surface area contributed by atoms with Crippen LogP contribution in [-0.2, 0) is 20.7 Å². The number of aromatic amines is 1. The second-order valence-corrected chi connectivity index (χ2v) is 11.0. The van der Waals surface area contributed by atoms with Gasteiger partial charge in [0, 0.05) is 28.4 Å². The van der Waals surface area contributed by atoms with Crippen LogP contribution in [0.2, 0.25) is 10.2 Å². The highest BCUT2D eigenvalue weighted by Gasteiger charge is 2.21. The SMILES string of the molecule is O=C(/C=C/c1cc(Cl)ccc1-n1cnnn1)N[C@@H](Cc1ccccc1)c1nc(-c2ccc(NC(=O)OCCOCI)nc2)c(Cl)[nH]1. The molecule has 0 radical (unpaired) electrons. The number of carbonyl (C=O) groups is 2. The van der Waals surface area contributed by atoms with E-state index in [0.29, 0.717) is 56.8 Å². The molecular weight excluding hydrogens is 748 g/mol. The highest BCUT2D eigenvalue weighted by Crippen LogP contribution is 2.29. The lowest BCUT2D eigenvalue weighted by atomic mass is 10.1. The van der Waals surface area contributed by atoms with E-state index in [1.54, 1.807) is 36.4 Å². The maximum Gasteiger partial charge on any atom is 0.412 e. The fourth-order valence-corrected chi connectivity index (χ4v) is 5.05. The van der Waals surface area contributed by atoms with Crippen molar-refractivity contribution in [2.45, 2.75) is 12.5 Å². The zero-order valence-corrected chi connectivity index (χ0v) is 27.6. The van der Waals surface area contributed by atoms with E-state index >= 15 is 0 Å². The number of amides is 2. The topological polar surface area (TPSA) is 162 Å². The van der Waals surface area contributed by atoms with Gasteiger partial charge in [-0.1, -0.05) is 76.1 Å². The van der Waals surface area contributed by atoms with Gasteiger partial charge in [-0.05, 0) is 58.8 Å². The molecule has 0 bridgehead atoms. The van der Waals surface area contributed by atoms with Gasteiger partial charge in [0.15, 0.2) is 0 Å². The molecule has 0 aliphatic heterocycles. The van der Waals surface area contributed by atoms with Gasteiger partial charge in [0.05, 0.1) is 22.9 Å². The summed E-state index contributed by atoms with van der Waals surface area (Å²) in [4.78, 5) is 37.3. The van der Waals surface area contributed by atoms with Gasteiger partial charge < -0.3 is 19.8 Å². The van der Waals surface area contributed by atoms with Gasteiger partial charge in [-0.15, -0.1) is 5.10 Å². The molecule has 16 heteroatoms. The number of hydrogen-bond donors (Lipinski definition) is 3. The number of H-pyrrole nitrogens is 1. The first-order valence-electron chi connectivity index (χ1n) is 13.7. The second kappa shape index (κ2) is 16.3. The highest BCUT2D eigenvalue weighted by molar-refractivity contribution is 14.1. The highest BCUT2D eigenvalue weighted by atomic mass is 127. The zero-order valence-electron chi connectivity index (χ0n) is 23.9. The van der Waals surface area contributed by atoms with Gasteiger partial charge in [0.1, 0.15) is 35.4 Å². The fraction of sp³-hybridized carbons (Fsp3) is 0.167. The average Bonchev–Trinajstić information content (AvgIpc) is 3.73. The first-order chi connectivity index (χ1) is 22.4. The van der Waals surface area contributed by atoms with Crippen LogP contribution in [0.1, 0.15) is 23.0 Å². The van der Waals surface area contributed by atoms with Crippen molar-refractivity contribution >= 4 is 69.7 Å². The summed E-state index contributed by atoms with van der Waals surface area (Å²) in [6.07, 6.45) is 5.80. The lowest BCUT2D eigenvalue weighted by Gasteiger charge is -2.16. The third-order valence-corrected chi connectivity index (χ3v) is 7.36. The number of aromatic nitrogens is 7. The summed E-state index contributed by atoms with van der Waals surface area (Å²) in [6.45, 7) is 0.423. The molecule has 13 nitrogen and oxygen atoms in total. The smallest absolute Gasteiger partial charge is 0.412 e. The molecule has 0 aliphatic carbocycles. The number of pyridine rings is 1. The molecule has 3 N–H and O–H groups in total. The summed E-state index contributed by atoms with van der Waals surface area (Å²) in [5, 5.41) is 17.6. The summed E-state index contributed by atoms with van der Waals surface area (Å²) in [6, 6.07) is 17.6. The molecule has 0 aliphatic rings. The monoisotopic (exact) mass is 773 g/mol. The quantitative estimate of drug-likeness (QED) is 0.0579. The summed E-state index contributed by atoms with van der Waals surface area (Å²) in [5.41, 5.74) is 3.30. The summed E-state index contributed by atoms with van der Waals surface area (Å²) in [7, 11) is 0. The van der Waals surface area contributed by atoms with E-state index in [9.17, 15) is 9.59 Å². The number of halogens is 3. The first kappa shape index (κ1) is 33.0. The van der Waals surface area contributed by atoms with Crippen molar-refractivity contribution in [3.05, 3.63) is 106 Å². The van der Waals surface area contributed by atoms with E-state index in [1.807, 2.05) is 30.3 Å². The number of rotatable bonds is 13. The molecule has 0 unspecified atom stereocenters. The van der Waals surface area contributed by atoms with E-state index in [-0.39, 0.29) is 17.7 Å². The Kier molecular flexibility index (Phi) is 11.7. The largest absolute Gasteiger partial charge is 0.447 e. The standard InChI is InChI=1S/C30H26Cl2IN9O4/c31-22-8-9-24(42-18-35-40-41-42)20(15-22)7-11-26(43)36-23(14-19-4-2-1-3-5-19)29-38-27(28(32)39-29)21-6-10-25(34-16-21)37-30(44)46-13-12-45-17-33/h1-11,15-16,18,23H,12-14,17H2,(H,36,43)(H,38,39)(H,34,37,44)/b11-7+/t23-/m0/s1. The summed E-state index contributed by atoms with van der Waals surface area (Å²) >= 11 is 14.9. The molecular formula is C30H26Cl2IN9O4. The fourth-order valence-electron chi connectivity index (χ4n) is 4.31. The van der Waals surface area contributed by atoms with Crippen LogP contribution >= 0.6 is 45.8 Å².